The molecule has 9 heteroatoms. The van der Waals surface area contributed by atoms with Crippen LogP contribution in [0.15, 0.2) is 48.5 Å². The molecule has 0 saturated carbocycles. The van der Waals surface area contributed by atoms with E-state index in [9.17, 15) is 23.2 Å². The van der Waals surface area contributed by atoms with E-state index in [1.807, 2.05) is 48.5 Å². The van der Waals surface area contributed by atoms with Gasteiger partial charge in [0.15, 0.2) is 0 Å². The van der Waals surface area contributed by atoms with E-state index in [0.29, 0.717) is 0 Å². The van der Waals surface area contributed by atoms with Crippen molar-refractivity contribution >= 4 is 18.0 Å². The van der Waals surface area contributed by atoms with Crippen molar-refractivity contribution in [3.8, 4) is 11.1 Å². The number of amides is 2. The first-order valence-corrected chi connectivity index (χ1v) is 11.7. The number of piperidine rings is 1. The van der Waals surface area contributed by atoms with Crippen LogP contribution in [0, 0.1) is 0 Å². The zero-order valence-electron chi connectivity index (χ0n) is 19.4. The minimum Gasteiger partial charge on any atom is -0.481 e. The third kappa shape index (κ3) is 5.44. The molecule has 2 aromatic carbocycles. The van der Waals surface area contributed by atoms with E-state index < -0.39 is 48.8 Å². The van der Waals surface area contributed by atoms with Crippen LogP contribution in [0.4, 0.5) is 13.6 Å². The van der Waals surface area contributed by atoms with Crippen molar-refractivity contribution in [2.24, 2.45) is 0 Å². The molecule has 1 heterocycles. The van der Waals surface area contributed by atoms with Crippen molar-refractivity contribution in [1.82, 2.24) is 10.2 Å². The molecule has 2 atom stereocenters. The van der Waals surface area contributed by atoms with Crippen LogP contribution >= 0.6 is 0 Å². The van der Waals surface area contributed by atoms with Crippen molar-refractivity contribution in [3.63, 3.8) is 0 Å². The number of ether oxygens (including phenoxy) is 1. The number of alkyl halides is 2. The lowest BCUT2D eigenvalue weighted by atomic mass is 9.98. The number of aliphatic carboxylic acids is 1. The Kier molecular flexibility index (Phi) is 7.05. The second-order valence-corrected chi connectivity index (χ2v) is 9.15. The van der Waals surface area contributed by atoms with Gasteiger partial charge in [-0.2, -0.15) is 0 Å². The van der Waals surface area contributed by atoms with E-state index in [-0.39, 0.29) is 31.9 Å². The van der Waals surface area contributed by atoms with Gasteiger partial charge < -0.3 is 20.1 Å². The first-order valence-electron chi connectivity index (χ1n) is 11.7. The van der Waals surface area contributed by atoms with Gasteiger partial charge in [-0.3, -0.25) is 9.59 Å². The Morgan fingerprint density at radius 2 is 1.71 bits per heavy atom. The lowest BCUT2D eigenvalue weighted by Gasteiger charge is -2.39. The zero-order chi connectivity index (χ0) is 25.2. The highest BCUT2D eigenvalue weighted by atomic mass is 19.3. The summed E-state index contributed by atoms with van der Waals surface area (Å²) in [5.41, 5.74) is 4.20. The molecule has 4 rings (SSSR count). The Bertz CT molecular complexity index is 1080. The summed E-state index contributed by atoms with van der Waals surface area (Å²) in [6.07, 6.45) is -2.34. The molecule has 2 N–H and O–H groups in total. The third-order valence-corrected chi connectivity index (χ3v) is 6.71. The van der Waals surface area contributed by atoms with E-state index in [4.69, 9.17) is 9.84 Å². The summed E-state index contributed by atoms with van der Waals surface area (Å²) in [5.74, 6) is -4.74. The standard InChI is InChI=1S/C26H28F2N2O5/c1-16-14-26(27,28)12-13-30(16)24(33)22(10-11-23(31)32)29-25(34)35-15-21-19-8-4-2-6-17(19)18-7-3-5-9-20(18)21/h2-9,16,21-22H,10-15H2,1H3,(H,29,34)(H,31,32). The van der Waals surface area contributed by atoms with Crippen molar-refractivity contribution in [3.05, 3.63) is 59.7 Å². The fraction of sp³-hybridized carbons (Fsp3) is 0.423. The minimum absolute atomic E-state index is 0.0338. The smallest absolute Gasteiger partial charge is 0.407 e. The molecule has 186 valence electrons. The molecule has 1 saturated heterocycles. The summed E-state index contributed by atoms with van der Waals surface area (Å²) in [5, 5.41) is 11.6. The van der Waals surface area contributed by atoms with Crippen LogP contribution in [0.3, 0.4) is 0 Å². The van der Waals surface area contributed by atoms with Crippen molar-refractivity contribution < 1.29 is 33.0 Å². The molecule has 0 bridgehead atoms. The molecule has 0 spiro atoms. The lowest BCUT2D eigenvalue weighted by molar-refractivity contribution is -0.144. The average Bonchev–Trinajstić information content (AvgIpc) is 3.13. The van der Waals surface area contributed by atoms with Gasteiger partial charge in [-0.05, 0) is 35.6 Å². The lowest BCUT2D eigenvalue weighted by Crippen LogP contribution is -2.55. The molecule has 1 aliphatic carbocycles. The van der Waals surface area contributed by atoms with Crippen LogP contribution in [0.5, 0.6) is 0 Å². The topological polar surface area (TPSA) is 95.9 Å². The summed E-state index contributed by atoms with van der Waals surface area (Å²) in [7, 11) is 0. The summed E-state index contributed by atoms with van der Waals surface area (Å²) in [6, 6.07) is 13.8. The normalized spacial score (nSPS) is 19.4. The molecule has 2 aliphatic rings. The van der Waals surface area contributed by atoms with E-state index in [1.54, 1.807) is 0 Å². The Hall–Kier alpha value is -3.49. The van der Waals surface area contributed by atoms with Crippen LogP contribution < -0.4 is 5.32 Å². The average molecular weight is 487 g/mol. The molecule has 2 amide bonds. The van der Waals surface area contributed by atoms with Crippen LogP contribution in [-0.4, -0.2) is 59.1 Å². The molecule has 2 aromatic rings. The number of hydrogen-bond acceptors (Lipinski definition) is 4. The van der Waals surface area contributed by atoms with E-state index in [1.165, 1.54) is 11.8 Å². The number of carbonyl (C=O) groups excluding carboxylic acids is 2. The van der Waals surface area contributed by atoms with Gasteiger partial charge in [0.2, 0.25) is 5.91 Å². The summed E-state index contributed by atoms with van der Waals surface area (Å²) in [6.45, 7) is 1.39. The number of alkyl carbamates (subject to hydrolysis) is 1. The maximum Gasteiger partial charge on any atom is 0.407 e. The molecule has 2 unspecified atom stereocenters. The first kappa shape index (κ1) is 24.6. The Morgan fingerprint density at radius 1 is 1.11 bits per heavy atom. The quantitative estimate of drug-likeness (QED) is 0.605. The van der Waals surface area contributed by atoms with Crippen molar-refractivity contribution in [2.45, 2.75) is 56.5 Å². The van der Waals surface area contributed by atoms with Gasteiger partial charge in [-0.25, -0.2) is 13.6 Å². The predicted octanol–water partition coefficient (Wildman–Crippen LogP) is 4.40. The van der Waals surface area contributed by atoms with Crippen LogP contribution in [0.1, 0.15) is 49.7 Å². The van der Waals surface area contributed by atoms with E-state index in [0.717, 1.165) is 22.3 Å². The van der Waals surface area contributed by atoms with Gasteiger partial charge in [0.1, 0.15) is 12.6 Å². The summed E-state index contributed by atoms with van der Waals surface area (Å²) >= 11 is 0. The number of rotatable bonds is 7. The van der Waals surface area contributed by atoms with Gasteiger partial charge >= 0.3 is 12.1 Å². The number of hydrogen-bond donors (Lipinski definition) is 2. The highest BCUT2D eigenvalue weighted by Crippen LogP contribution is 2.44. The fourth-order valence-corrected chi connectivity index (χ4v) is 4.98. The third-order valence-electron chi connectivity index (χ3n) is 6.71. The molecular weight excluding hydrogens is 458 g/mol. The molecule has 35 heavy (non-hydrogen) atoms. The number of benzene rings is 2. The van der Waals surface area contributed by atoms with Crippen molar-refractivity contribution in [2.75, 3.05) is 13.2 Å². The molecule has 1 aliphatic heterocycles. The van der Waals surface area contributed by atoms with Gasteiger partial charge in [0, 0.05) is 37.8 Å². The highest BCUT2D eigenvalue weighted by molar-refractivity contribution is 5.86. The number of nitrogens with zero attached hydrogens (tertiary/aromatic N) is 1. The molecule has 0 radical (unpaired) electrons. The minimum atomic E-state index is -2.85. The number of carboxylic acids is 1. The largest absolute Gasteiger partial charge is 0.481 e. The first-order chi connectivity index (χ1) is 16.7. The van der Waals surface area contributed by atoms with Crippen molar-refractivity contribution in [1.29, 1.82) is 0 Å². The van der Waals surface area contributed by atoms with Crippen LogP contribution in [0.25, 0.3) is 11.1 Å². The zero-order valence-corrected chi connectivity index (χ0v) is 19.4. The summed E-state index contributed by atoms with van der Waals surface area (Å²) in [4.78, 5) is 38.1. The maximum atomic E-state index is 13.7. The Labute approximate surface area is 202 Å². The summed E-state index contributed by atoms with van der Waals surface area (Å²) < 4.78 is 32.9. The molecular formula is C26H28F2N2O5. The highest BCUT2D eigenvalue weighted by Gasteiger charge is 2.42. The number of halogens is 2. The van der Waals surface area contributed by atoms with E-state index >= 15 is 0 Å². The predicted molar refractivity (Wildman–Crippen MR) is 124 cm³/mol. The van der Waals surface area contributed by atoms with Crippen LogP contribution in [-0.2, 0) is 14.3 Å². The van der Waals surface area contributed by atoms with Gasteiger partial charge in [0.05, 0.1) is 0 Å². The number of carboxylic acid groups (broad SMARTS) is 1. The molecule has 1 fully saturated rings. The van der Waals surface area contributed by atoms with Gasteiger partial charge in [-0.1, -0.05) is 48.5 Å². The second-order valence-electron chi connectivity index (χ2n) is 9.15. The SMILES string of the molecule is CC1CC(F)(F)CCN1C(=O)C(CCC(=O)O)NC(=O)OCC1c2ccccc2-c2ccccc21. The Morgan fingerprint density at radius 3 is 2.29 bits per heavy atom. The Balaban J connectivity index is 1.43. The van der Waals surface area contributed by atoms with Gasteiger partial charge in [-0.15, -0.1) is 0 Å². The van der Waals surface area contributed by atoms with Gasteiger partial charge in [0.25, 0.3) is 5.92 Å². The molecule has 0 aromatic heterocycles. The number of nitrogens with one attached hydrogen (secondary N) is 1. The van der Waals surface area contributed by atoms with Crippen LogP contribution in [0.2, 0.25) is 0 Å². The maximum absolute atomic E-state index is 13.7. The molecule has 7 nitrogen and oxygen atoms in total. The number of likely N-dealkylation sites (tertiary alicyclic amines) is 1. The monoisotopic (exact) mass is 486 g/mol. The number of fused-ring (bicyclic) bond motifs is 3. The van der Waals surface area contributed by atoms with E-state index in [2.05, 4.69) is 5.32 Å². The number of carbonyl (C=O) groups is 3. The second kappa shape index (κ2) is 10.0. The fourth-order valence-electron chi connectivity index (χ4n) is 4.98.